The lowest BCUT2D eigenvalue weighted by molar-refractivity contribution is -0.140. The number of nitrogens with one attached hydrogen (secondary N) is 1. The zero-order valence-electron chi connectivity index (χ0n) is 10.2. The molecule has 1 aromatic heterocycles. The van der Waals surface area contributed by atoms with Crippen molar-refractivity contribution in [1.29, 1.82) is 0 Å². The summed E-state index contributed by atoms with van der Waals surface area (Å²) >= 11 is 5.61. The highest BCUT2D eigenvalue weighted by atomic mass is 35.5. The summed E-state index contributed by atoms with van der Waals surface area (Å²) in [5, 5.41) is 2.33. The number of amides is 1. The van der Waals surface area contributed by atoms with Gasteiger partial charge in [-0.2, -0.15) is 13.2 Å². The average molecular weight is 319 g/mol. The smallest absolute Gasteiger partial charge is 0.322 e. The first-order valence-corrected chi connectivity index (χ1v) is 5.95. The van der Waals surface area contributed by atoms with Gasteiger partial charge in [-0.15, -0.1) is 0 Å². The summed E-state index contributed by atoms with van der Waals surface area (Å²) < 4.78 is 51.5. The van der Waals surface area contributed by atoms with Gasteiger partial charge in [-0.25, -0.2) is 9.37 Å². The fourth-order valence-corrected chi connectivity index (χ4v) is 1.78. The Bertz CT molecular complexity index is 688. The normalized spacial score (nSPS) is 11.3. The number of hydrogen-bond acceptors (Lipinski definition) is 2. The van der Waals surface area contributed by atoms with E-state index in [9.17, 15) is 22.4 Å². The van der Waals surface area contributed by atoms with Crippen molar-refractivity contribution in [1.82, 2.24) is 4.98 Å². The molecule has 3 nitrogen and oxygen atoms in total. The van der Waals surface area contributed by atoms with Crippen LogP contribution in [0.4, 0.5) is 23.2 Å². The molecule has 110 valence electrons. The molecule has 0 unspecified atom stereocenters. The zero-order chi connectivity index (χ0) is 15.6. The third-order valence-electron chi connectivity index (χ3n) is 2.53. The Morgan fingerprint density at radius 1 is 1.24 bits per heavy atom. The van der Waals surface area contributed by atoms with Crippen molar-refractivity contribution in [3.63, 3.8) is 0 Å². The van der Waals surface area contributed by atoms with Crippen molar-refractivity contribution in [3.8, 4) is 0 Å². The summed E-state index contributed by atoms with van der Waals surface area (Å²) in [6, 6.07) is 5.14. The van der Waals surface area contributed by atoms with Crippen LogP contribution in [0.15, 0.2) is 36.5 Å². The van der Waals surface area contributed by atoms with Crippen LogP contribution in [0, 0.1) is 5.82 Å². The van der Waals surface area contributed by atoms with Crippen molar-refractivity contribution in [2.45, 2.75) is 6.18 Å². The SMILES string of the molecule is O=C(Nc1ccnc(Cl)c1)c1cccc(C(F)(F)F)c1F. The lowest BCUT2D eigenvalue weighted by atomic mass is 10.1. The molecule has 2 rings (SSSR count). The van der Waals surface area contributed by atoms with Gasteiger partial charge < -0.3 is 5.32 Å². The number of alkyl halides is 3. The van der Waals surface area contributed by atoms with Gasteiger partial charge in [0.2, 0.25) is 0 Å². The monoisotopic (exact) mass is 318 g/mol. The van der Waals surface area contributed by atoms with E-state index in [0.717, 1.165) is 12.1 Å². The second-order valence-electron chi connectivity index (χ2n) is 3.99. The van der Waals surface area contributed by atoms with E-state index in [4.69, 9.17) is 11.6 Å². The molecule has 0 aliphatic carbocycles. The average Bonchev–Trinajstić information content (AvgIpc) is 2.37. The van der Waals surface area contributed by atoms with E-state index >= 15 is 0 Å². The molecule has 0 atom stereocenters. The number of rotatable bonds is 2. The van der Waals surface area contributed by atoms with Crippen LogP contribution >= 0.6 is 11.6 Å². The highest BCUT2D eigenvalue weighted by Crippen LogP contribution is 2.32. The quantitative estimate of drug-likeness (QED) is 0.668. The molecule has 0 fully saturated rings. The number of hydrogen-bond donors (Lipinski definition) is 1. The molecule has 2 aromatic rings. The summed E-state index contributed by atoms with van der Waals surface area (Å²) in [6.07, 6.45) is -3.58. The van der Waals surface area contributed by atoms with E-state index < -0.39 is 29.0 Å². The van der Waals surface area contributed by atoms with E-state index in [1.165, 1.54) is 18.3 Å². The summed E-state index contributed by atoms with van der Waals surface area (Å²) in [5.41, 5.74) is -2.02. The summed E-state index contributed by atoms with van der Waals surface area (Å²) in [7, 11) is 0. The molecular formula is C13H7ClF4N2O. The molecule has 0 saturated carbocycles. The number of halogens is 5. The number of pyridine rings is 1. The molecule has 1 N–H and O–H groups in total. The van der Waals surface area contributed by atoms with Crippen molar-refractivity contribution >= 4 is 23.2 Å². The molecule has 0 radical (unpaired) electrons. The van der Waals surface area contributed by atoms with Crippen LogP contribution in [-0.2, 0) is 6.18 Å². The highest BCUT2D eigenvalue weighted by molar-refractivity contribution is 6.29. The van der Waals surface area contributed by atoms with Crippen LogP contribution in [-0.4, -0.2) is 10.9 Å². The van der Waals surface area contributed by atoms with Gasteiger partial charge in [0.25, 0.3) is 5.91 Å². The van der Waals surface area contributed by atoms with E-state index in [-0.39, 0.29) is 10.8 Å². The molecule has 0 aliphatic rings. The van der Waals surface area contributed by atoms with Gasteiger partial charge in [-0.1, -0.05) is 17.7 Å². The number of carbonyl (C=O) groups is 1. The molecule has 0 bridgehead atoms. The van der Waals surface area contributed by atoms with Gasteiger partial charge >= 0.3 is 6.18 Å². The number of carbonyl (C=O) groups excluding carboxylic acids is 1. The summed E-state index contributed by atoms with van der Waals surface area (Å²) in [4.78, 5) is 15.5. The predicted molar refractivity (Wildman–Crippen MR) is 68.6 cm³/mol. The maximum atomic E-state index is 13.8. The van der Waals surface area contributed by atoms with Crippen LogP contribution in [0.1, 0.15) is 15.9 Å². The summed E-state index contributed by atoms with van der Waals surface area (Å²) in [6.45, 7) is 0. The largest absolute Gasteiger partial charge is 0.419 e. The third kappa shape index (κ3) is 3.49. The third-order valence-corrected chi connectivity index (χ3v) is 2.74. The Morgan fingerprint density at radius 2 is 1.95 bits per heavy atom. The molecule has 0 saturated heterocycles. The van der Waals surface area contributed by atoms with Gasteiger partial charge in [0, 0.05) is 11.9 Å². The molecule has 0 spiro atoms. The van der Waals surface area contributed by atoms with Crippen LogP contribution in [0.25, 0.3) is 0 Å². The first-order chi connectivity index (χ1) is 9.79. The lowest BCUT2D eigenvalue weighted by Gasteiger charge is -2.11. The minimum atomic E-state index is -4.87. The Kier molecular flexibility index (Phi) is 4.13. The van der Waals surface area contributed by atoms with Gasteiger partial charge in [-0.05, 0) is 24.3 Å². The molecule has 1 aromatic carbocycles. The Morgan fingerprint density at radius 3 is 2.57 bits per heavy atom. The van der Waals surface area contributed by atoms with Gasteiger partial charge in [-0.3, -0.25) is 4.79 Å². The number of anilines is 1. The first-order valence-electron chi connectivity index (χ1n) is 5.57. The Hall–Kier alpha value is -2.15. The minimum absolute atomic E-state index is 0.0808. The highest BCUT2D eigenvalue weighted by Gasteiger charge is 2.35. The predicted octanol–water partition coefficient (Wildman–Crippen LogP) is 4.15. The standard InChI is InChI=1S/C13H7ClF4N2O/c14-10-6-7(4-5-19-10)20-12(21)8-2-1-3-9(11(8)15)13(16,17)18/h1-6H,(H,19,20,21). The summed E-state index contributed by atoms with van der Waals surface area (Å²) in [5.74, 6) is -2.64. The van der Waals surface area contributed by atoms with Crippen molar-refractivity contribution in [3.05, 3.63) is 58.6 Å². The fourth-order valence-electron chi connectivity index (χ4n) is 1.60. The Labute approximate surface area is 121 Å². The molecular weight excluding hydrogens is 312 g/mol. The minimum Gasteiger partial charge on any atom is -0.322 e. The van der Waals surface area contributed by atoms with Gasteiger partial charge in [0.1, 0.15) is 11.0 Å². The van der Waals surface area contributed by atoms with E-state index in [0.29, 0.717) is 6.07 Å². The van der Waals surface area contributed by atoms with E-state index in [1.807, 2.05) is 0 Å². The topological polar surface area (TPSA) is 42.0 Å². The number of nitrogens with zero attached hydrogens (tertiary/aromatic N) is 1. The van der Waals surface area contributed by atoms with Crippen molar-refractivity contribution in [2.75, 3.05) is 5.32 Å². The van der Waals surface area contributed by atoms with Crippen LogP contribution in [0.5, 0.6) is 0 Å². The lowest BCUT2D eigenvalue weighted by Crippen LogP contribution is -2.17. The van der Waals surface area contributed by atoms with Crippen molar-refractivity contribution in [2.24, 2.45) is 0 Å². The molecule has 8 heteroatoms. The molecule has 21 heavy (non-hydrogen) atoms. The number of aromatic nitrogens is 1. The van der Waals surface area contributed by atoms with Crippen LogP contribution in [0.2, 0.25) is 5.15 Å². The fraction of sp³-hybridized carbons (Fsp3) is 0.0769. The molecule has 1 heterocycles. The molecule has 1 amide bonds. The second kappa shape index (κ2) is 5.69. The van der Waals surface area contributed by atoms with Gasteiger partial charge in [0.15, 0.2) is 0 Å². The van der Waals surface area contributed by atoms with E-state index in [1.54, 1.807) is 0 Å². The van der Waals surface area contributed by atoms with Crippen LogP contribution in [0.3, 0.4) is 0 Å². The second-order valence-corrected chi connectivity index (χ2v) is 4.37. The number of benzene rings is 1. The molecule has 0 aliphatic heterocycles. The van der Waals surface area contributed by atoms with Gasteiger partial charge in [0.05, 0.1) is 11.1 Å². The van der Waals surface area contributed by atoms with Crippen LogP contribution < -0.4 is 5.32 Å². The maximum Gasteiger partial charge on any atom is 0.419 e. The van der Waals surface area contributed by atoms with E-state index in [2.05, 4.69) is 10.3 Å². The maximum absolute atomic E-state index is 13.8. The Balaban J connectivity index is 2.32. The van der Waals surface area contributed by atoms with Crippen molar-refractivity contribution < 1.29 is 22.4 Å². The first kappa shape index (κ1) is 15.2. The zero-order valence-corrected chi connectivity index (χ0v) is 11.0.